The molecule has 2 saturated heterocycles. The number of nitrogens with zero attached hydrogens (tertiary/aromatic N) is 6. The van der Waals surface area contributed by atoms with Gasteiger partial charge in [-0.1, -0.05) is 44.2 Å². The number of nitrogens with one attached hydrogen (secondary N) is 2. The van der Waals surface area contributed by atoms with Gasteiger partial charge in [-0.3, -0.25) is 15.1 Å². The lowest BCUT2D eigenvalue weighted by molar-refractivity contribution is 0.165. The molecule has 5 atom stereocenters. The zero-order valence-corrected chi connectivity index (χ0v) is 39.1. The summed E-state index contributed by atoms with van der Waals surface area (Å²) >= 11 is 0. The number of fused-ring (bicyclic) bond motifs is 6. The maximum Gasteiger partial charge on any atom is 0.417 e. The molecule has 3 amide bonds. The fraction of sp³-hybridized carbons (Fsp3) is 0.449. The van der Waals surface area contributed by atoms with E-state index >= 15 is 0 Å². The topological polar surface area (TPSA) is 122 Å². The van der Waals surface area contributed by atoms with Crippen LogP contribution in [0.1, 0.15) is 63.3 Å². The van der Waals surface area contributed by atoms with Crippen LogP contribution in [-0.4, -0.2) is 126 Å². The highest BCUT2D eigenvalue weighted by Crippen LogP contribution is 2.53. The number of anilines is 3. The van der Waals surface area contributed by atoms with E-state index in [-0.39, 0.29) is 23.0 Å². The Morgan fingerprint density at radius 1 is 0.698 bits per heavy atom. The molecule has 2 N–H and O–H groups in total. The molecule has 4 heterocycles. The number of ether oxygens (including phenoxy) is 3. The molecular formula is C49H66N8O6. The predicted molar refractivity (Wildman–Crippen MR) is 251 cm³/mol. The Hall–Kier alpha value is -5.83. The molecule has 4 aliphatic heterocycles. The summed E-state index contributed by atoms with van der Waals surface area (Å²) in [6.07, 6.45) is 1.74. The molecule has 4 aromatic rings. The lowest BCUT2D eigenvalue weighted by atomic mass is 9.81. The molecule has 14 nitrogen and oxygen atoms in total. The van der Waals surface area contributed by atoms with Crippen molar-refractivity contribution in [1.82, 2.24) is 24.9 Å². The first-order chi connectivity index (χ1) is 29.9. The van der Waals surface area contributed by atoms with Crippen LogP contribution in [0.4, 0.5) is 31.4 Å². The molecule has 0 bridgehead atoms. The van der Waals surface area contributed by atoms with E-state index in [9.17, 15) is 14.4 Å². The van der Waals surface area contributed by atoms with Gasteiger partial charge >= 0.3 is 18.3 Å². The standard InChI is InChI=1S/C20H23N3O2.C15H21N3O2.C14H22N2O2/c1-20-11-12-22(2)18(20)23(3)17-10-9-15(13-16(17)20)25-19(24)21-14-7-5-4-6-8-14;1-15-7-8-17(3)13(15)18(4)12-6-5-10(9-11(12)15)20-14(19)16-2;1-6-16(5)14(17)18-13-9-7-8-12(10-13)11(2)15(3)4/h4-10,13,18H,11-12H2,1-3H3,(H,21,24);5-6,9,13H,7-8H2,1-4H3,(H,16,19);7-11H,6H2,1-5H3/t18-,20+;13-,15+;11-/m110/s1. The largest absolute Gasteiger partial charge is 0.417 e. The summed E-state index contributed by atoms with van der Waals surface area (Å²) in [5.74, 6) is 1.77. The Morgan fingerprint density at radius 2 is 1.21 bits per heavy atom. The molecule has 0 aromatic heterocycles. The van der Waals surface area contributed by atoms with Crippen molar-refractivity contribution in [3.63, 3.8) is 0 Å². The summed E-state index contributed by atoms with van der Waals surface area (Å²) < 4.78 is 16.1. The van der Waals surface area contributed by atoms with Crippen LogP contribution in [0.25, 0.3) is 0 Å². The van der Waals surface area contributed by atoms with Crippen molar-refractivity contribution in [2.75, 3.05) is 91.1 Å². The van der Waals surface area contributed by atoms with E-state index in [1.807, 2.05) is 99.9 Å². The van der Waals surface area contributed by atoms with Crippen molar-refractivity contribution in [2.24, 2.45) is 0 Å². The van der Waals surface area contributed by atoms with Crippen LogP contribution >= 0.6 is 0 Å². The molecule has 4 aliphatic rings. The van der Waals surface area contributed by atoms with Crippen LogP contribution < -0.4 is 34.6 Å². The molecule has 0 radical (unpaired) electrons. The van der Waals surface area contributed by atoms with Gasteiger partial charge in [0, 0.05) is 81.8 Å². The third kappa shape index (κ3) is 9.73. The van der Waals surface area contributed by atoms with E-state index in [1.165, 1.54) is 27.4 Å². The fourth-order valence-electron chi connectivity index (χ4n) is 9.61. The first-order valence-electron chi connectivity index (χ1n) is 21.7. The zero-order valence-electron chi connectivity index (χ0n) is 39.1. The second-order valence-corrected chi connectivity index (χ2v) is 17.7. The lowest BCUT2D eigenvalue weighted by Crippen LogP contribution is -2.45. The Balaban J connectivity index is 0.000000160. The number of benzene rings is 4. The van der Waals surface area contributed by atoms with Crippen molar-refractivity contribution in [3.8, 4) is 17.2 Å². The highest BCUT2D eigenvalue weighted by atomic mass is 16.6. The SMILES string of the molecule is CCN(C)C(=O)Oc1cccc([C@H](C)N(C)C)c1.CN1CC[C@@]2(C)c3cc(OC(=O)Nc4ccccc4)ccc3N(C)[C@@H]12.CNC(=O)Oc1ccc2c(c1)[C@]1(C)CCN(C)[C@@H]1N2C. The minimum absolute atomic E-state index is 0.0636. The number of likely N-dealkylation sites (N-methyl/N-ethyl adjacent to an activating group) is 4. The van der Waals surface area contributed by atoms with Gasteiger partial charge in [-0.25, -0.2) is 14.4 Å². The highest BCUT2D eigenvalue weighted by Gasteiger charge is 2.53. The minimum atomic E-state index is -0.470. The maximum atomic E-state index is 12.2. The van der Waals surface area contributed by atoms with Crippen LogP contribution in [0.15, 0.2) is 91.0 Å². The van der Waals surface area contributed by atoms with Gasteiger partial charge in [0.25, 0.3) is 0 Å². The van der Waals surface area contributed by atoms with Crippen LogP contribution in [0, 0.1) is 0 Å². The lowest BCUT2D eigenvalue weighted by Gasteiger charge is -2.32. The van der Waals surface area contributed by atoms with E-state index < -0.39 is 12.2 Å². The average molecular weight is 863 g/mol. The van der Waals surface area contributed by atoms with Crippen molar-refractivity contribution in [2.45, 2.75) is 69.7 Å². The summed E-state index contributed by atoms with van der Waals surface area (Å²) in [6.45, 7) is 11.4. The highest BCUT2D eigenvalue weighted by molar-refractivity contribution is 5.86. The summed E-state index contributed by atoms with van der Waals surface area (Å²) in [7, 11) is 15.9. The molecule has 0 spiro atoms. The second-order valence-electron chi connectivity index (χ2n) is 17.7. The number of para-hydroxylation sites is 1. The van der Waals surface area contributed by atoms with Crippen molar-refractivity contribution in [1.29, 1.82) is 0 Å². The Bertz CT molecular complexity index is 2260. The quantitative estimate of drug-likeness (QED) is 0.187. The monoisotopic (exact) mass is 863 g/mol. The van der Waals surface area contributed by atoms with Crippen molar-refractivity contribution in [3.05, 3.63) is 108 Å². The maximum absolute atomic E-state index is 12.2. The molecular weight excluding hydrogens is 797 g/mol. The molecule has 4 aromatic carbocycles. The summed E-state index contributed by atoms with van der Waals surface area (Å²) in [5.41, 5.74) is 6.99. The van der Waals surface area contributed by atoms with Crippen molar-refractivity contribution >= 4 is 35.3 Å². The molecule has 0 unspecified atom stereocenters. The van der Waals surface area contributed by atoms with E-state index in [2.05, 4.69) is 90.2 Å². The first kappa shape index (κ1) is 46.7. The number of carbonyl (C=O) groups is 3. The first-order valence-corrected chi connectivity index (χ1v) is 21.7. The molecule has 14 heteroatoms. The van der Waals surface area contributed by atoms with Gasteiger partial charge in [-0.2, -0.15) is 0 Å². The molecule has 63 heavy (non-hydrogen) atoms. The second kappa shape index (κ2) is 19.3. The van der Waals surface area contributed by atoms with E-state index in [0.717, 1.165) is 37.2 Å². The third-order valence-corrected chi connectivity index (χ3v) is 13.4. The van der Waals surface area contributed by atoms with Gasteiger partial charge in [-0.05, 0) is 132 Å². The van der Waals surface area contributed by atoms with Crippen LogP contribution in [0.2, 0.25) is 0 Å². The number of likely N-dealkylation sites (tertiary alicyclic amines) is 2. The fourth-order valence-corrected chi connectivity index (χ4v) is 9.61. The number of carbonyl (C=O) groups excluding carboxylic acids is 3. The van der Waals surface area contributed by atoms with Gasteiger partial charge < -0.3 is 39.1 Å². The van der Waals surface area contributed by atoms with Crippen LogP contribution in [-0.2, 0) is 10.8 Å². The predicted octanol–water partition coefficient (Wildman–Crippen LogP) is 8.20. The Morgan fingerprint density at radius 3 is 1.70 bits per heavy atom. The minimum Gasteiger partial charge on any atom is -0.410 e. The van der Waals surface area contributed by atoms with Crippen molar-refractivity contribution < 1.29 is 28.6 Å². The summed E-state index contributed by atoms with van der Waals surface area (Å²) in [6, 6.07) is 29.1. The Kier molecular flexibility index (Phi) is 14.3. The number of hydrogen-bond donors (Lipinski definition) is 2. The smallest absolute Gasteiger partial charge is 0.410 e. The number of amides is 3. The van der Waals surface area contributed by atoms with Crippen LogP contribution in [0.3, 0.4) is 0 Å². The van der Waals surface area contributed by atoms with Gasteiger partial charge in [0.2, 0.25) is 0 Å². The van der Waals surface area contributed by atoms with Gasteiger partial charge in [-0.15, -0.1) is 0 Å². The van der Waals surface area contributed by atoms with Gasteiger partial charge in [0.05, 0.1) is 12.3 Å². The summed E-state index contributed by atoms with van der Waals surface area (Å²) in [4.78, 5) is 48.2. The Labute approximate surface area is 373 Å². The number of rotatable bonds is 7. The van der Waals surface area contributed by atoms with Crippen LogP contribution in [0.5, 0.6) is 17.2 Å². The van der Waals surface area contributed by atoms with E-state index in [4.69, 9.17) is 14.2 Å². The third-order valence-electron chi connectivity index (χ3n) is 13.4. The number of hydrogen-bond acceptors (Lipinski definition) is 11. The molecule has 2 fully saturated rings. The molecule has 0 saturated carbocycles. The van der Waals surface area contributed by atoms with E-state index in [1.54, 1.807) is 20.2 Å². The average Bonchev–Trinajstić information content (AvgIpc) is 3.90. The molecule has 0 aliphatic carbocycles. The zero-order chi connectivity index (χ0) is 45.8. The van der Waals surface area contributed by atoms with Gasteiger partial charge in [0.1, 0.15) is 17.2 Å². The normalized spacial score (nSPS) is 22.3. The van der Waals surface area contributed by atoms with E-state index in [0.29, 0.717) is 36.1 Å². The van der Waals surface area contributed by atoms with Gasteiger partial charge in [0.15, 0.2) is 0 Å². The molecule has 8 rings (SSSR count). The summed E-state index contributed by atoms with van der Waals surface area (Å²) in [5, 5.41) is 5.22. The molecule has 338 valence electrons.